The highest BCUT2D eigenvalue weighted by Gasteiger charge is 2.23. The van der Waals surface area contributed by atoms with Crippen molar-refractivity contribution in [3.05, 3.63) is 53.4 Å². The highest BCUT2D eigenvalue weighted by atomic mass is 16.2. The monoisotopic (exact) mass is 394 g/mol. The molecule has 0 unspecified atom stereocenters. The summed E-state index contributed by atoms with van der Waals surface area (Å²) >= 11 is 0. The molecule has 150 valence electrons. The van der Waals surface area contributed by atoms with Gasteiger partial charge >= 0.3 is 0 Å². The molecule has 1 fully saturated rings. The molecule has 1 aliphatic carbocycles. The number of rotatable bonds is 10. The van der Waals surface area contributed by atoms with Crippen molar-refractivity contribution in [2.24, 2.45) is 0 Å². The first kappa shape index (κ1) is 18.9. The number of unbranched alkanes of at least 4 members (excludes halogenated alkanes) is 1. The predicted molar refractivity (Wildman–Crippen MR) is 102 cm³/mol. The van der Waals surface area contributed by atoms with Gasteiger partial charge < -0.3 is 5.32 Å². The van der Waals surface area contributed by atoms with Gasteiger partial charge in [0.25, 0.3) is 5.91 Å². The molecule has 0 radical (unpaired) electrons. The first-order valence-electron chi connectivity index (χ1n) is 9.70. The molecule has 1 N–H and O–H groups in total. The fourth-order valence-electron chi connectivity index (χ4n) is 3.06. The molecule has 3 aromatic rings. The van der Waals surface area contributed by atoms with E-state index in [2.05, 4.69) is 37.0 Å². The number of aryl methyl sites for hydroxylation is 2. The summed E-state index contributed by atoms with van der Waals surface area (Å²) in [5.74, 6) is 0.392. The second kappa shape index (κ2) is 8.72. The number of aldehydes is 1. The summed E-state index contributed by atoms with van der Waals surface area (Å²) in [5, 5.41) is 18.4. The molecule has 0 bridgehead atoms. The molecule has 0 aliphatic heterocycles. The Labute approximate surface area is 167 Å². The number of carbonyl (C=O) groups excluding carboxylic acids is 2. The number of nitrogens with one attached hydrogen (secondary N) is 1. The molecule has 29 heavy (non-hydrogen) atoms. The third-order valence-corrected chi connectivity index (χ3v) is 4.79. The van der Waals surface area contributed by atoms with Crippen LogP contribution in [-0.2, 0) is 19.6 Å². The van der Waals surface area contributed by atoms with E-state index in [1.54, 1.807) is 28.0 Å². The molecule has 0 saturated heterocycles. The van der Waals surface area contributed by atoms with Gasteiger partial charge in [0.2, 0.25) is 0 Å². The van der Waals surface area contributed by atoms with E-state index in [0.29, 0.717) is 37.5 Å². The molecule has 1 aliphatic rings. The fourth-order valence-corrected chi connectivity index (χ4v) is 3.06. The molecule has 4 rings (SSSR count). The second-order valence-electron chi connectivity index (χ2n) is 7.14. The molecular formula is C19H22N8O2. The van der Waals surface area contributed by atoms with Gasteiger partial charge in [0, 0.05) is 19.3 Å². The lowest BCUT2D eigenvalue weighted by molar-refractivity contribution is 0.0945. The summed E-state index contributed by atoms with van der Waals surface area (Å²) in [6.07, 6.45) is 9.86. The minimum Gasteiger partial charge on any atom is -0.345 e. The van der Waals surface area contributed by atoms with E-state index in [9.17, 15) is 9.59 Å². The quantitative estimate of drug-likeness (QED) is 0.407. The van der Waals surface area contributed by atoms with E-state index in [-0.39, 0.29) is 11.6 Å². The maximum Gasteiger partial charge on any atom is 0.273 e. The van der Waals surface area contributed by atoms with Gasteiger partial charge in [0.15, 0.2) is 12.0 Å². The van der Waals surface area contributed by atoms with Crippen LogP contribution in [0, 0.1) is 0 Å². The Bertz CT molecular complexity index is 992. The molecule has 10 nitrogen and oxygen atoms in total. The van der Waals surface area contributed by atoms with Crippen molar-refractivity contribution in [3.8, 4) is 0 Å². The van der Waals surface area contributed by atoms with Crippen molar-refractivity contribution < 1.29 is 9.59 Å². The number of carbonyl (C=O) groups is 2. The van der Waals surface area contributed by atoms with Crippen molar-refractivity contribution in [2.75, 3.05) is 0 Å². The first-order valence-corrected chi connectivity index (χ1v) is 9.70. The molecular weight excluding hydrogens is 372 g/mol. The standard InChI is InChI=1S/C19H22N8O2/c28-13-17-11-26(24-22-17)7-1-2-8-27-12-18(23-25-27)19(29)21-10-16-9-15(5-6-20-16)14-3-4-14/h5-6,9,11-14H,1-4,7-8,10H2,(H,21,29). The fraction of sp³-hybridized carbons (Fsp3) is 0.421. The van der Waals surface area contributed by atoms with Crippen LogP contribution in [0.25, 0.3) is 0 Å². The average Bonchev–Trinajstić information content (AvgIpc) is 3.31. The van der Waals surface area contributed by atoms with Gasteiger partial charge in [0.1, 0.15) is 5.69 Å². The maximum atomic E-state index is 12.3. The SMILES string of the molecule is O=Cc1cn(CCCCn2cc(C(=O)NCc3cc(C4CC4)ccn3)nn2)nn1. The maximum absolute atomic E-state index is 12.3. The van der Waals surface area contributed by atoms with Crippen molar-refractivity contribution in [1.82, 2.24) is 40.3 Å². The van der Waals surface area contributed by atoms with Crippen LogP contribution in [0.3, 0.4) is 0 Å². The average molecular weight is 394 g/mol. The van der Waals surface area contributed by atoms with Crippen LogP contribution in [0.2, 0.25) is 0 Å². The van der Waals surface area contributed by atoms with E-state index >= 15 is 0 Å². The van der Waals surface area contributed by atoms with Crippen LogP contribution >= 0.6 is 0 Å². The van der Waals surface area contributed by atoms with E-state index in [1.807, 2.05) is 6.07 Å². The topological polar surface area (TPSA) is 120 Å². The van der Waals surface area contributed by atoms with Gasteiger partial charge in [0.05, 0.1) is 24.6 Å². The van der Waals surface area contributed by atoms with E-state index in [1.165, 1.54) is 18.4 Å². The Morgan fingerprint density at radius 3 is 2.62 bits per heavy atom. The number of amides is 1. The zero-order chi connectivity index (χ0) is 20.1. The van der Waals surface area contributed by atoms with Gasteiger partial charge in [-0.2, -0.15) is 0 Å². The summed E-state index contributed by atoms with van der Waals surface area (Å²) in [6, 6.07) is 4.10. The van der Waals surface area contributed by atoms with E-state index in [4.69, 9.17) is 0 Å². The Balaban J connectivity index is 1.21. The van der Waals surface area contributed by atoms with Gasteiger partial charge in [-0.05, 0) is 49.3 Å². The van der Waals surface area contributed by atoms with Crippen LogP contribution in [0.15, 0.2) is 30.7 Å². The van der Waals surface area contributed by atoms with Crippen LogP contribution in [-0.4, -0.2) is 47.2 Å². The van der Waals surface area contributed by atoms with Gasteiger partial charge in [-0.3, -0.25) is 23.9 Å². The van der Waals surface area contributed by atoms with E-state index in [0.717, 1.165) is 18.5 Å². The highest BCUT2D eigenvalue weighted by Crippen LogP contribution is 2.39. The lowest BCUT2D eigenvalue weighted by Gasteiger charge is -2.04. The summed E-state index contributed by atoms with van der Waals surface area (Å²) in [6.45, 7) is 1.67. The molecule has 3 aromatic heterocycles. The van der Waals surface area contributed by atoms with Gasteiger partial charge in [-0.1, -0.05) is 10.4 Å². The molecule has 1 saturated carbocycles. The van der Waals surface area contributed by atoms with Crippen molar-refractivity contribution >= 4 is 12.2 Å². The molecule has 1 amide bonds. The summed E-state index contributed by atoms with van der Waals surface area (Å²) in [4.78, 5) is 27.2. The van der Waals surface area contributed by atoms with Crippen LogP contribution in [0.1, 0.15) is 63.8 Å². The number of hydrogen-bond acceptors (Lipinski definition) is 7. The molecule has 3 heterocycles. The number of hydrogen-bond donors (Lipinski definition) is 1. The van der Waals surface area contributed by atoms with Crippen LogP contribution in [0.4, 0.5) is 0 Å². The Morgan fingerprint density at radius 2 is 1.90 bits per heavy atom. The largest absolute Gasteiger partial charge is 0.345 e. The lowest BCUT2D eigenvalue weighted by Crippen LogP contribution is -2.23. The Hall–Kier alpha value is -3.43. The normalized spacial score (nSPS) is 13.4. The number of nitrogens with zero attached hydrogens (tertiary/aromatic N) is 7. The molecule has 0 spiro atoms. The van der Waals surface area contributed by atoms with Crippen LogP contribution < -0.4 is 5.32 Å². The Morgan fingerprint density at radius 1 is 1.14 bits per heavy atom. The number of pyridine rings is 1. The molecule has 0 atom stereocenters. The van der Waals surface area contributed by atoms with Crippen molar-refractivity contribution in [2.45, 2.75) is 51.2 Å². The highest BCUT2D eigenvalue weighted by molar-refractivity contribution is 5.91. The summed E-state index contributed by atoms with van der Waals surface area (Å²) in [5.41, 5.74) is 2.76. The molecule has 0 aromatic carbocycles. The zero-order valence-corrected chi connectivity index (χ0v) is 15.9. The lowest BCUT2D eigenvalue weighted by atomic mass is 10.1. The van der Waals surface area contributed by atoms with Gasteiger partial charge in [-0.25, -0.2) is 0 Å². The minimum absolute atomic E-state index is 0.265. The molecule has 10 heteroatoms. The zero-order valence-electron chi connectivity index (χ0n) is 15.9. The predicted octanol–water partition coefficient (Wildman–Crippen LogP) is 1.36. The van der Waals surface area contributed by atoms with Crippen molar-refractivity contribution in [1.29, 1.82) is 0 Å². The third kappa shape index (κ3) is 5.09. The summed E-state index contributed by atoms with van der Waals surface area (Å²) < 4.78 is 3.29. The van der Waals surface area contributed by atoms with Gasteiger partial charge in [-0.15, -0.1) is 10.2 Å². The van der Waals surface area contributed by atoms with Crippen LogP contribution in [0.5, 0.6) is 0 Å². The summed E-state index contributed by atoms with van der Waals surface area (Å²) in [7, 11) is 0. The second-order valence-corrected chi connectivity index (χ2v) is 7.14. The Kier molecular flexibility index (Phi) is 5.68. The smallest absolute Gasteiger partial charge is 0.273 e. The van der Waals surface area contributed by atoms with E-state index < -0.39 is 0 Å². The minimum atomic E-state index is -0.265. The number of aromatic nitrogens is 7. The third-order valence-electron chi connectivity index (χ3n) is 4.79. The first-order chi connectivity index (χ1) is 14.2. The van der Waals surface area contributed by atoms with Crippen molar-refractivity contribution in [3.63, 3.8) is 0 Å².